The van der Waals surface area contributed by atoms with Gasteiger partial charge in [-0.15, -0.1) is 0 Å². The molecule has 0 saturated carbocycles. The van der Waals surface area contributed by atoms with Crippen LogP contribution in [0.25, 0.3) is 0 Å². The molecule has 98 valence electrons. The second-order valence-corrected chi connectivity index (χ2v) is 5.37. The number of nitrogens with one attached hydrogen (secondary N) is 2. The summed E-state index contributed by atoms with van der Waals surface area (Å²) in [6, 6.07) is 6.11. The monoisotopic (exact) mass is 250 g/mol. The van der Waals surface area contributed by atoms with E-state index in [1.54, 1.807) is 12.1 Å². The van der Waals surface area contributed by atoms with E-state index in [2.05, 4.69) is 10.6 Å². The molecule has 0 aromatic heterocycles. The second kappa shape index (κ2) is 5.06. The lowest BCUT2D eigenvalue weighted by Gasteiger charge is -2.30. The molecule has 0 spiro atoms. The molecule has 1 fully saturated rings. The van der Waals surface area contributed by atoms with Gasteiger partial charge in [0.25, 0.3) is 0 Å². The average Bonchev–Trinajstić information content (AvgIpc) is 2.27. The highest BCUT2D eigenvalue weighted by molar-refractivity contribution is 5.87. The van der Waals surface area contributed by atoms with Crippen LogP contribution in [0.5, 0.6) is 0 Å². The van der Waals surface area contributed by atoms with E-state index in [9.17, 15) is 9.18 Å². The van der Waals surface area contributed by atoms with Crippen molar-refractivity contribution < 1.29 is 9.18 Å². The van der Waals surface area contributed by atoms with Crippen molar-refractivity contribution in [1.29, 1.82) is 0 Å². The topological polar surface area (TPSA) is 41.1 Å². The summed E-state index contributed by atoms with van der Waals surface area (Å²) in [7, 11) is 0. The number of halogens is 1. The molecule has 2 rings (SSSR count). The van der Waals surface area contributed by atoms with Gasteiger partial charge in [-0.1, -0.05) is 12.1 Å². The SMILES string of the molecule is CC(C)(C(=O)NCC1CNC1)c1ccc(F)cc1. The summed E-state index contributed by atoms with van der Waals surface area (Å²) in [5, 5.41) is 6.13. The molecule has 3 nitrogen and oxygen atoms in total. The maximum Gasteiger partial charge on any atom is 0.230 e. The molecule has 0 atom stereocenters. The minimum Gasteiger partial charge on any atom is -0.355 e. The van der Waals surface area contributed by atoms with Gasteiger partial charge in [0.05, 0.1) is 5.41 Å². The lowest BCUT2D eigenvalue weighted by atomic mass is 9.83. The fourth-order valence-electron chi connectivity index (χ4n) is 1.95. The first-order valence-electron chi connectivity index (χ1n) is 6.25. The maximum absolute atomic E-state index is 12.9. The van der Waals surface area contributed by atoms with E-state index in [-0.39, 0.29) is 11.7 Å². The van der Waals surface area contributed by atoms with Gasteiger partial charge < -0.3 is 10.6 Å². The van der Waals surface area contributed by atoms with E-state index in [0.717, 1.165) is 18.7 Å². The van der Waals surface area contributed by atoms with Gasteiger partial charge in [-0.05, 0) is 31.5 Å². The highest BCUT2D eigenvalue weighted by atomic mass is 19.1. The quantitative estimate of drug-likeness (QED) is 0.849. The van der Waals surface area contributed by atoms with Crippen LogP contribution in [-0.4, -0.2) is 25.5 Å². The van der Waals surface area contributed by atoms with Crippen LogP contribution in [0, 0.1) is 11.7 Å². The summed E-state index contributed by atoms with van der Waals surface area (Å²) < 4.78 is 12.9. The Morgan fingerprint density at radius 1 is 1.39 bits per heavy atom. The molecule has 0 radical (unpaired) electrons. The number of carbonyl (C=O) groups is 1. The molecule has 1 saturated heterocycles. The maximum atomic E-state index is 12.9. The van der Waals surface area contributed by atoms with Gasteiger partial charge in [0.2, 0.25) is 5.91 Å². The van der Waals surface area contributed by atoms with Crippen LogP contribution in [0.2, 0.25) is 0 Å². The Morgan fingerprint density at radius 2 is 2.00 bits per heavy atom. The molecule has 4 heteroatoms. The predicted molar refractivity (Wildman–Crippen MR) is 68.8 cm³/mol. The minimum atomic E-state index is -0.634. The third kappa shape index (κ3) is 2.70. The van der Waals surface area contributed by atoms with Crippen LogP contribution >= 0.6 is 0 Å². The standard InChI is InChI=1S/C14H19FN2O/c1-14(2,11-3-5-12(15)6-4-11)13(18)17-9-10-7-16-8-10/h3-6,10,16H,7-9H2,1-2H3,(H,17,18). The van der Waals surface area contributed by atoms with E-state index < -0.39 is 5.41 Å². The van der Waals surface area contributed by atoms with E-state index >= 15 is 0 Å². The van der Waals surface area contributed by atoms with Crippen molar-refractivity contribution in [3.05, 3.63) is 35.6 Å². The average molecular weight is 250 g/mol. The fraction of sp³-hybridized carbons (Fsp3) is 0.500. The molecule has 0 bridgehead atoms. The molecule has 0 aliphatic carbocycles. The number of hydrogen-bond acceptors (Lipinski definition) is 2. The van der Waals surface area contributed by atoms with Gasteiger partial charge in [0.1, 0.15) is 5.82 Å². The summed E-state index contributed by atoms with van der Waals surface area (Å²) in [4.78, 5) is 12.2. The van der Waals surface area contributed by atoms with Crippen molar-refractivity contribution >= 4 is 5.91 Å². The van der Waals surface area contributed by atoms with Crippen LogP contribution < -0.4 is 10.6 Å². The number of hydrogen-bond donors (Lipinski definition) is 2. The molecule has 2 N–H and O–H groups in total. The van der Waals surface area contributed by atoms with Crippen LogP contribution in [0.4, 0.5) is 4.39 Å². The first-order chi connectivity index (χ1) is 8.50. The van der Waals surface area contributed by atoms with Crippen molar-refractivity contribution in [3.63, 3.8) is 0 Å². The zero-order valence-electron chi connectivity index (χ0n) is 10.8. The molecule has 1 amide bonds. The molecule has 1 aliphatic heterocycles. The van der Waals surface area contributed by atoms with Crippen molar-refractivity contribution in [3.8, 4) is 0 Å². The normalized spacial score (nSPS) is 16.2. The van der Waals surface area contributed by atoms with Gasteiger partial charge in [-0.3, -0.25) is 4.79 Å². The minimum absolute atomic E-state index is 0.0130. The lowest BCUT2D eigenvalue weighted by molar-refractivity contribution is -0.125. The van der Waals surface area contributed by atoms with E-state index in [1.807, 2.05) is 13.8 Å². The largest absolute Gasteiger partial charge is 0.355 e. The zero-order valence-corrected chi connectivity index (χ0v) is 10.8. The van der Waals surface area contributed by atoms with Crippen LogP contribution in [0.3, 0.4) is 0 Å². The van der Waals surface area contributed by atoms with E-state index in [1.165, 1.54) is 12.1 Å². The molecular weight excluding hydrogens is 231 g/mol. The molecule has 1 aromatic rings. The summed E-state index contributed by atoms with van der Waals surface area (Å²) in [5.41, 5.74) is 0.193. The molecule has 0 unspecified atom stereocenters. The van der Waals surface area contributed by atoms with Gasteiger partial charge in [0.15, 0.2) is 0 Å². The van der Waals surface area contributed by atoms with E-state index in [0.29, 0.717) is 12.5 Å². The number of carbonyl (C=O) groups excluding carboxylic acids is 1. The van der Waals surface area contributed by atoms with Crippen LogP contribution in [0.1, 0.15) is 19.4 Å². The summed E-state index contributed by atoms with van der Waals surface area (Å²) >= 11 is 0. The second-order valence-electron chi connectivity index (χ2n) is 5.37. The zero-order chi connectivity index (χ0) is 13.2. The Kier molecular flexibility index (Phi) is 3.66. The molecular formula is C14H19FN2O. The summed E-state index contributed by atoms with van der Waals surface area (Å²) in [6.45, 7) is 6.36. The first-order valence-corrected chi connectivity index (χ1v) is 6.25. The van der Waals surface area contributed by atoms with Gasteiger partial charge in [-0.25, -0.2) is 4.39 Å². The van der Waals surface area contributed by atoms with Crippen LogP contribution in [-0.2, 0) is 10.2 Å². The molecule has 1 aromatic carbocycles. The van der Waals surface area contributed by atoms with Crippen LogP contribution in [0.15, 0.2) is 24.3 Å². The molecule has 1 aliphatic rings. The Balaban J connectivity index is 1.99. The molecule has 18 heavy (non-hydrogen) atoms. The lowest BCUT2D eigenvalue weighted by Crippen LogP contribution is -2.50. The third-order valence-corrected chi connectivity index (χ3v) is 3.55. The number of rotatable bonds is 4. The van der Waals surface area contributed by atoms with E-state index in [4.69, 9.17) is 0 Å². The third-order valence-electron chi connectivity index (χ3n) is 3.55. The fourth-order valence-corrected chi connectivity index (χ4v) is 1.95. The van der Waals surface area contributed by atoms with Crippen molar-refractivity contribution in [2.24, 2.45) is 5.92 Å². The Morgan fingerprint density at radius 3 is 2.50 bits per heavy atom. The summed E-state index contributed by atoms with van der Waals surface area (Å²) in [6.07, 6.45) is 0. The van der Waals surface area contributed by atoms with Crippen molar-refractivity contribution in [2.45, 2.75) is 19.3 Å². The van der Waals surface area contributed by atoms with Crippen molar-refractivity contribution in [1.82, 2.24) is 10.6 Å². The summed E-state index contributed by atoms with van der Waals surface area (Å²) in [5.74, 6) is 0.245. The molecule has 1 heterocycles. The Hall–Kier alpha value is -1.42. The van der Waals surface area contributed by atoms with Gasteiger partial charge in [0, 0.05) is 25.6 Å². The highest BCUT2D eigenvalue weighted by Gasteiger charge is 2.30. The van der Waals surface area contributed by atoms with Crippen molar-refractivity contribution in [2.75, 3.05) is 19.6 Å². The number of amides is 1. The Labute approximate surface area is 107 Å². The highest BCUT2D eigenvalue weighted by Crippen LogP contribution is 2.23. The smallest absolute Gasteiger partial charge is 0.230 e. The first kappa shape index (κ1) is 13.0. The van der Waals surface area contributed by atoms with Gasteiger partial charge in [-0.2, -0.15) is 0 Å². The predicted octanol–water partition coefficient (Wildman–Crippen LogP) is 1.44. The van der Waals surface area contributed by atoms with Gasteiger partial charge >= 0.3 is 0 Å². The Bertz CT molecular complexity index is 424. The number of benzene rings is 1.